The van der Waals surface area contributed by atoms with Gasteiger partial charge in [0.05, 0.1) is 12.1 Å². The molecule has 0 aromatic carbocycles. The van der Waals surface area contributed by atoms with Crippen molar-refractivity contribution >= 4 is 17.5 Å². The molecule has 6 nitrogen and oxygen atoms in total. The van der Waals surface area contributed by atoms with E-state index in [9.17, 15) is 4.79 Å². The second-order valence-electron chi connectivity index (χ2n) is 5.50. The number of hydrogen-bond donors (Lipinski definition) is 1. The Morgan fingerprint density at radius 2 is 2.27 bits per heavy atom. The van der Waals surface area contributed by atoms with E-state index in [1.54, 1.807) is 18.6 Å². The highest BCUT2D eigenvalue weighted by Gasteiger charge is 2.26. The molecule has 3 rings (SSSR count). The van der Waals surface area contributed by atoms with Crippen LogP contribution >= 0.6 is 0 Å². The number of anilines is 2. The molecule has 1 amide bonds. The number of carbonyl (C=O) groups is 1. The summed E-state index contributed by atoms with van der Waals surface area (Å²) in [5.74, 6) is 1.40. The quantitative estimate of drug-likeness (QED) is 0.938. The predicted molar refractivity (Wildman–Crippen MR) is 84.6 cm³/mol. The lowest BCUT2D eigenvalue weighted by molar-refractivity contribution is -0.120. The van der Waals surface area contributed by atoms with Crippen molar-refractivity contribution < 1.29 is 4.79 Å². The summed E-state index contributed by atoms with van der Waals surface area (Å²) in [5.41, 5.74) is 0.891. The zero-order valence-corrected chi connectivity index (χ0v) is 12.6. The van der Waals surface area contributed by atoms with Crippen molar-refractivity contribution in [3.63, 3.8) is 0 Å². The topological polar surface area (TPSA) is 71.0 Å². The van der Waals surface area contributed by atoms with Gasteiger partial charge in [0.15, 0.2) is 0 Å². The number of rotatable bonds is 3. The van der Waals surface area contributed by atoms with Crippen molar-refractivity contribution in [2.45, 2.75) is 19.8 Å². The van der Waals surface area contributed by atoms with Crippen molar-refractivity contribution in [1.82, 2.24) is 15.0 Å². The molecule has 1 atom stereocenters. The smallest absolute Gasteiger partial charge is 0.230 e. The number of piperidine rings is 1. The molecule has 0 aliphatic carbocycles. The van der Waals surface area contributed by atoms with E-state index in [4.69, 9.17) is 0 Å². The Balaban J connectivity index is 1.65. The van der Waals surface area contributed by atoms with E-state index in [-0.39, 0.29) is 11.8 Å². The van der Waals surface area contributed by atoms with E-state index in [1.807, 2.05) is 25.1 Å². The Hall–Kier alpha value is -2.50. The summed E-state index contributed by atoms with van der Waals surface area (Å²) in [5, 5.41) is 2.91. The number of nitrogens with one attached hydrogen (secondary N) is 1. The minimum Gasteiger partial charge on any atom is -0.355 e. The number of aryl methyl sites for hydroxylation is 1. The molecular weight excluding hydrogens is 278 g/mol. The SMILES string of the molecule is Cc1cccc(NC(=O)C2CCCN(c3cnccn3)C2)n1. The van der Waals surface area contributed by atoms with Crippen molar-refractivity contribution in [3.05, 3.63) is 42.5 Å². The highest BCUT2D eigenvalue weighted by Crippen LogP contribution is 2.22. The zero-order chi connectivity index (χ0) is 15.4. The lowest BCUT2D eigenvalue weighted by Gasteiger charge is -2.32. The van der Waals surface area contributed by atoms with E-state index in [0.717, 1.165) is 30.9 Å². The van der Waals surface area contributed by atoms with E-state index in [2.05, 4.69) is 25.2 Å². The molecule has 1 saturated heterocycles. The van der Waals surface area contributed by atoms with Gasteiger partial charge < -0.3 is 10.2 Å². The first-order valence-corrected chi connectivity index (χ1v) is 7.48. The maximum Gasteiger partial charge on any atom is 0.230 e. The zero-order valence-electron chi connectivity index (χ0n) is 12.6. The van der Waals surface area contributed by atoms with Gasteiger partial charge in [0.2, 0.25) is 5.91 Å². The third-order valence-electron chi connectivity index (χ3n) is 3.81. The van der Waals surface area contributed by atoms with Gasteiger partial charge in [-0.1, -0.05) is 6.07 Å². The Labute approximate surface area is 129 Å². The minimum absolute atomic E-state index is 0.0201. The van der Waals surface area contributed by atoms with E-state index in [1.165, 1.54) is 0 Å². The molecule has 114 valence electrons. The summed E-state index contributed by atoms with van der Waals surface area (Å²) >= 11 is 0. The van der Waals surface area contributed by atoms with Gasteiger partial charge in [0.1, 0.15) is 11.6 Å². The van der Waals surface area contributed by atoms with E-state index in [0.29, 0.717) is 12.4 Å². The van der Waals surface area contributed by atoms with E-state index < -0.39 is 0 Å². The highest BCUT2D eigenvalue weighted by molar-refractivity contribution is 5.92. The number of aromatic nitrogens is 3. The minimum atomic E-state index is -0.0573. The van der Waals surface area contributed by atoms with Crippen LogP contribution in [0.1, 0.15) is 18.5 Å². The standard InChI is InChI=1S/C16H19N5O/c1-12-4-2-6-14(19-12)20-16(22)13-5-3-9-21(11-13)15-10-17-7-8-18-15/h2,4,6-8,10,13H,3,5,9,11H2,1H3,(H,19,20,22). The fraction of sp³-hybridized carbons (Fsp3) is 0.375. The molecule has 22 heavy (non-hydrogen) atoms. The van der Waals surface area contributed by atoms with Gasteiger partial charge in [-0.25, -0.2) is 9.97 Å². The Kier molecular flexibility index (Phi) is 4.27. The molecule has 3 heterocycles. The summed E-state index contributed by atoms with van der Waals surface area (Å²) in [6.07, 6.45) is 6.92. The van der Waals surface area contributed by atoms with Crippen LogP contribution in [0.4, 0.5) is 11.6 Å². The molecule has 2 aromatic heterocycles. The maximum absolute atomic E-state index is 12.4. The molecule has 0 radical (unpaired) electrons. The third-order valence-corrected chi connectivity index (χ3v) is 3.81. The number of carbonyl (C=O) groups excluding carboxylic acids is 1. The van der Waals surface area contributed by atoms with Crippen LogP contribution in [0.3, 0.4) is 0 Å². The highest BCUT2D eigenvalue weighted by atomic mass is 16.2. The van der Waals surface area contributed by atoms with Crippen LogP contribution in [0.5, 0.6) is 0 Å². The maximum atomic E-state index is 12.4. The molecular formula is C16H19N5O. The van der Waals surface area contributed by atoms with Crippen molar-refractivity contribution in [2.24, 2.45) is 5.92 Å². The van der Waals surface area contributed by atoms with Crippen LogP contribution in [-0.4, -0.2) is 33.9 Å². The average molecular weight is 297 g/mol. The lowest BCUT2D eigenvalue weighted by atomic mass is 9.97. The largest absolute Gasteiger partial charge is 0.355 e. The molecule has 1 aliphatic rings. The van der Waals surface area contributed by atoms with Gasteiger partial charge in [-0.15, -0.1) is 0 Å². The summed E-state index contributed by atoms with van der Waals surface area (Å²) < 4.78 is 0. The first-order chi connectivity index (χ1) is 10.7. The molecule has 0 saturated carbocycles. The van der Waals surface area contributed by atoms with Crippen LogP contribution in [0.25, 0.3) is 0 Å². The predicted octanol–water partition coefficient (Wildman–Crippen LogP) is 2.04. The average Bonchev–Trinajstić information content (AvgIpc) is 2.56. The van der Waals surface area contributed by atoms with Gasteiger partial charge in [0.25, 0.3) is 0 Å². The fourth-order valence-electron chi connectivity index (χ4n) is 2.69. The summed E-state index contributed by atoms with van der Waals surface area (Å²) in [6, 6.07) is 5.62. The van der Waals surface area contributed by atoms with Crippen molar-refractivity contribution in [2.75, 3.05) is 23.3 Å². The first kappa shape index (κ1) is 14.4. The number of nitrogens with zero attached hydrogens (tertiary/aromatic N) is 4. The molecule has 1 unspecified atom stereocenters. The Bertz CT molecular complexity index is 646. The fourth-order valence-corrected chi connectivity index (χ4v) is 2.69. The Morgan fingerprint density at radius 3 is 3.05 bits per heavy atom. The van der Waals surface area contributed by atoms with Gasteiger partial charge in [-0.05, 0) is 31.9 Å². The third kappa shape index (κ3) is 3.39. The molecule has 1 aliphatic heterocycles. The van der Waals surface area contributed by atoms with Crippen LogP contribution in [-0.2, 0) is 4.79 Å². The van der Waals surface area contributed by atoms with Crippen molar-refractivity contribution in [1.29, 1.82) is 0 Å². The summed E-state index contributed by atoms with van der Waals surface area (Å²) in [6.45, 7) is 3.48. The second-order valence-corrected chi connectivity index (χ2v) is 5.50. The number of hydrogen-bond acceptors (Lipinski definition) is 5. The monoisotopic (exact) mass is 297 g/mol. The van der Waals surface area contributed by atoms with E-state index >= 15 is 0 Å². The molecule has 0 spiro atoms. The first-order valence-electron chi connectivity index (χ1n) is 7.48. The normalized spacial score (nSPS) is 18.0. The molecule has 1 fully saturated rings. The van der Waals surface area contributed by atoms with Gasteiger partial charge >= 0.3 is 0 Å². The summed E-state index contributed by atoms with van der Waals surface area (Å²) in [4.78, 5) is 27.3. The lowest BCUT2D eigenvalue weighted by Crippen LogP contribution is -2.41. The van der Waals surface area contributed by atoms with Gasteiger partial charge in [-0.2, -0.15) is 0 Å². The summed E-state index contributed by atoms with van der Waals surface area (Å²) in [7, 11) is 0. The molecule has 6 heteroatoms. The molecule has 2 aromatic rings. The van der Waals surface area contributed by atoms with Crippen LogP contribution in [0, 0.1) is 12.8 Å². The van der Waals surface area contributed by atoms with Gasteiger partial charge in [0, 0.05) is 31.2 Å². The Morgan fingerprint density at radius 1 is 1.36 bits per heavy atom. The number of pyridine rings is 1. The number of amides is 1. The van der Waals surface area contributed by atoms with Crippen LogP contribution in [0.2, 0.25) is 0 Å². The molecule has 0 bridgehead atoms. The second kappa shape index (κ2) is 6.51. The van der Waals surface area contributed by atoms with Crippen molar-refractivity contribution in [3.8, 4) is 0 Å². The molecule has 1 N–H and O–H groups in total. The van der Waals surface area contributed by atoms with Crippen LogP contribution in [0.15, 0.2) is 36.8 Å². The van der Waals surface area contributed by atoms with Gasteiger partial charge in [-0.3, -0.25) is 9.78 Å². The van der Waals surface area contributed by atoms with Crippen LogP contribution < -0.4 is 10.2 Å².